The molecule has 0 unspecified atom stereocenters. The summed E-state index contributed by atoms with van der Waals surface area (Å²) >= 11 is 3.41. The van der Waals surface area contributed by atoms with Gasteiger partial charge in [-0.2, -0.15) is 0 Å². The van der Waals surface area contributed by atoms with Gasteiger partial charge < -0.3 is 4.42 Å². The molecule has 2 heterocycles. The lowest BCUT2D eigenvalue weighted by atomic mass is 10.2. The summed E-state index contributed by atoms with van der Waals surface area (Å²) in [5, 5.41) is 2.24. The van der Waals surface area contributed by atoms with Gasteiger partial charge in [0.1, 0.15) is 5.58 Å². The third-order valence-electron chi connectivity index (χ3n) is 2.24. The van der Waals surface area contributed by atoms with Gasteiger partial charge in [0, 0.05) is 21.4 Å². The number of hydrogen-bond donors (Lipinski definition) is 0. The second kappa shape index (κ2) is 2.82. The standard InChI is InChI=1S/C11H6BrNO/c12-7-1-2-8-9-3-4-13-6-11(9)14-10(8)5-7/h1-6H. The molecule has 0 N–H and O–H groups in total. The highest BCUT2D eigenvalue weighted by molar-refractivity contribution is 9.10. The van der Waals surface area contributed by atoms with Gasteiger partial charge in [-0.25, -0.2) is 0 Å². The molecule has 0 amide bonds. The lowest BCUT2D eigenvalue weighted by molar-refractivity contribution is 0.666. The molecule has 2 nitrogen and oxygen atoms in total. The molecule has 0 aliphatic heterocycles. The van der Waals surface area contributed by atoms with Crippen molar-refractivity contribution in [1.82, 2.24) is 4.98 Å². The molecular weight excluding hydrogens is 242 g/mol. The molecule has 14 heavy (non-hydrogen) atoms. The Morgan fingerprint density at radius 3 is 2.86 bits per heavy atom. The molecule has 0 saturated carbocycles. The fourth-order valence-electron chi connectivity index (χ4n) is 1.61. The molecule has 3 rings (SSSR count). The van der Waals surface area contributed by atoms with E-state index < -0.39 is 0 Å². The number of rotatable bonds is 0. The molecule has 0 aliphatic rings. The topological polar surface area (TPSA) is 26.0 Å². The summed E-state index contributed by atoms with van der Waals surface area (Å²) in [7, 11) is 0. The summed E-state index contributed by atoms with van der Waals surface area (Å²) in [5.41, 5.74) is 1.72. The lowest BCUT2D eigenvalue weighted by Gasteiger charge is -1.88. The van der Waals surface area contributed by atoms with Crippen molar-refractivity contribution in [3.63, 3.8) is 0 Å². The number of aromatic nitrogens is 1. The van der Waals surface area contributed by atoms with Crippen molar-refractivity contribution in [1.29, 1.82) is 0 Å². The van der Waals surface area contributed by atoms with Crippen LogP contribution in [-0.2, 0) is 0 Å². The van der Waals surface area contributed by atoms with E-state index in [1.807, 2.05) is 24.3 Å². The van der Waals surface area contributed by atoms with E-state index in [0.29, 0.717) is 0 Å². The molecule has 0 bridgehead atoms. The van der Waals surface area contributed by atoms with Crippen LogP contribution in [0.5, 0.6) is 0 Å². The lowest BCUT2D eigenvalue weighted by Crippen LogP contribution is -1.68. The number of furan rings is 1. The molecule has 3 aromatic rings. The van der Waals surface area contributed by atoms with Gasteiger partial charge in [0.05, 0.1) is 6.20 Å². The summed E-state index contributed by atoms with van der Waals surface area (Å²) in [6.07, 6.45) is 3.52. The van der Waals surface area contributed by atoms with Crippen LogP contribution in [0.3, 0.4) is 0 Å². The molecule has 0 radical (unpaired) electrons. The van der Waals surface area contributed by atoms with Gasteiger partial charge in [-0.1, -0.05) is 15.9 Å². The predicted octanol–water partition coefficient (Wildman–Crippen LogP) is 3.74. The van der Waals surface area contributed by atoms with E-state index >= 15 is 0 Å². The highest BCUT2D eigenvalue weighted by atomic mass is 79.9. The third kappa shape index (κ3) is 1.06. The van der Waals surface area contributed by atoms with Crippen molar-refractivity contribution >= 4 is 37.9 Å². The van der Waals surface area contributed by atoms with Crippen LogP contribution in [0.15, 0.2) is 45.5 Å². The monoisotopic (exact) mass is 247 g/mol. The molecule has 0 spiro atoms. The van der Waals surface area contributed by atoms with Crippen LogP contribution in [0, 0.1) is 0 Å². The van der Waals surface area contributed by atoms with E-state index in [-0.39, 0.29) is 0 Å². The van der Waals surface area contributed by atoms with Gasteiger partial charge in [0.25, 0.3) is 0 Å². The first-order chi connectivity index (χ1) is 6.84. The van der Waals surface area contributed by atoms with Crippen molar-refractivity contribution < 1.29 is 4.42 Å². The molecule has 1 aromatic carbocycles. The number of hydrogen-bond acceptors (Lipinski definition) is 2. The number of halogens is 1. The Balaban J connectivity index is 2.57. The van der Waals surface area contributed by atoms with Crippen LogP contribution in [0.25, 0.3) is 21.9 Å². The normalized spacial score (nSPS) is 11.2. The molecule has 2 aromatic heterocycles. The number of nitrogens with zero attached hydrogens (tertiary/aromatic N) is 1. The van der Waals surface area contributed by atoms with Gasteiger partial charge in [0.2, 0.25) is 0 Å². The van der Waals surface area contributed by atoms with E-state index in [2.05, 4.69) is 20.9 Å². The summed E-state index contributed by atoms with van der Waals surface area (Å²) < 4.78 is 6.67. The molecule has 3 heteroatoms. The average molecular weight is 248 g/mol. The van der Waals surface area contributed by atoms with E-state index in [9.17, 15) is 0 Å². The van der Waals surface area contributed by atoms with Gasteiger partial charge in [-0.3, -0.25) is 4.98 Å². The van der Waals surface area contributed by atoms with E-state index in [1.54, 1.807) is 12.4 Å². The van der Waals surface area contributed by atoms with Crippen molar-refractivity contribution in [3.05, 3.63) is 41.1 Å². The van der Waals surface area contributed by atoms with Crippen LogP contribution < -0.4 is 0 Å². The Morgan fingerprint density at radius 2 is 1.93 bits per heavy atom. The van der Waals surface area contributed by atoms with Crippen LogP contribution in [-0.4, -0.2) is 4.98 Å². The minimum Gasteiger partial charge on any atom is -0.454 e. The first kappa shape index (κ1) is 8.00. The Morgan fingerprint density at radius 1 is 1.07 bits per heavy atom. The number of fused-ring (bicyclic) bond motifs is 3. The maximum absolute atomic E-state index is 5.64. The largest absolute Gasteiger partial charge is 0.454 e. The fourth-order valence-corrected chi connectivity index (χ4v) is 1.95. The zero-order chi connectivity index (χ0) is 9.54. The number of pyridine rings is 1. The maximum atomic E-state index is 5.64. The van der Waals surface area contributed by atoms with Crippen LogP contribution in [0.4, 0.5) is 0 Å². The highest BCUT2D eigenvalue weighted by Crippen LogP contribution is 2.29. The summed E-state index contributed by atoms with van der Waals surface area (Å²) in [5.74, 6) is 0. The van der Waals surface area contributed by atoms with Crippen LogP contribution in [0.1, 0.15) is 0 Å². The highest BCUT2D eigenvalue weighted by Gasteiger charge is 2.05. The molecule has 0 saturated heterocycles. The van der Waals surface area contributed by atoms with Crippen molar-refractivity contribution in [2.24, 2.45) is 0 Å². The van der Waals surface area contributed by atoms with Crippen molar-refractivity contribution in [2.45, 2.75) is 0 Å². The van der Waals surface area contributed by atoms with E-state index in [4.69, 9.17) is 4.42 Å². The Kier molecular flexibility index (Phi) is 1.61. The first-order valence-corrected chi connectivity index (χ1v) is 5.06. The molecule has 68 valence electrons. The average Bonchev–Trinajstić information content (AvgIpc) is 2.54. The third-order valence-corrected chi connectivity index (χ3v) is 2.73. The molecule has 0 fully saturated rings. The second-order valence-corrected chi connectivity index (χ2v) is 4.03. The van der Waals surface area contributed by atoms with Gasteiger partial charge in [-0.05, 0) is 24.3 Å². The van der Waals surface area contributed by atoms with E-state index in [0.717, 1.165) is 26.4 Å². The first-order valence-electron chi connectivity index (χ1n) is 4.26. The minimum atomic E-state index is 0.834. The Labute approximate surface area is 88.7 Å². The van der Waals surface area contributed by atoms with Crippen LogP contribution in [0.2, 0.25) is 0 Å². The SMILES string of the molecule is Brc1ccc2c(c1)oc1cnccc12. The van der Waals surface area contributed by atoms with Crippen molar-refractivity contribution in [3.8, 4) is 0 Å². The quantitative estimate of drug-likeness (QED) is 0.605. The Hall–Kier alpha value is -1.35. The Bertz CT molecular complexity index is 615. The fraction of sp³-hybridized carbons (Fsp3) is 0. The zero-order valence-electron chi connectivity index (χ0n) is 7.20. The van der Waals surface area contributed by atoms with E-state index in [1.165, 1.54) is 0 Å². The molecule has 0 atom stereocenters. The van der Waals surface area contributed by atoms with Gasteiger partial charge in [0.15, 0.2) is 5.58 Å². The second-order valence-electron chi connectivity index (χ2n) is 3.11. The zero-order valence-corrected chi connectivity index (χ0v) is 8.78. The predicted molar refractivity (Wildman–Crippen MR) is 59.2 cm³/mol. The van der Waals surface area contributed by atoms with Gasteiger partial charge in [-0.15, -0.1) is 0 Å². The summed E-state index contributed by atoms with van der Waals surface area (Å²) in [4.78, 5) is 4.03. The minimum absolute atomic E-state index is 0.834. The summed E-state index contributed by atoms with van der Waals surface area (Å²) in [6, 6.07) is 7.99. The summed E-state index contributed by atoms with van der Waals surface area (Å²) in [6.45, 7) is 0. The molecule has 0 aliphatic carbocycles. The molecular formula is C11H6BrNO. The van der Waals surface area contributed by atoms with Crippen molar-refractivity contribution in [2.75, 3.05) is 0 Å². The smallest absolute Gasteiger partial charge is 0.153 e. The van der Waals surface area contributed by atoms with Gasteiger partial charge >= 0.3 is 0 Å². The van der Waals surface area contributed by atoms with Crippen LogP contribution >= 0.6 is 15.9 Å². The maximum Gasteiger partial charge on any atom is 0.153 e. The number of benzene rings is 1.